The van der Waals surface area contributed by atoms with Crippen molar-refractivity contribution in [1.29, 1.82) is 0 Å². The minimum absolute atomic E-state index is 0.00244. The minimum atomic E-state index is -5.08. The van der Waals surface area contributed by atoms with Crippen molar-refractivity contribution in [3.05, 3.63) is 109 Å². The van der Waals surface area contributed by atoms with Crippen molar-refractivity contribution in [2.45, 2.75) is 185 Å². The fourth-order valence-electron chi connectivity index (χ4n) is 6.50. The molecule has 0 aliphatic carbocycles. The maximum atomic E-state index is 12.9. The van der Waals surface area contributed by atoms with Crippen molar-refractivity contribution in [2.75, 3.05) is 26.4 Å². The fraction of sp³-hybridized carbons (Fsp3) is 0.635. The molecule has 12 nitrogen and oxygen atoms in total. The number of aliphatic hydroxyl groups excluding tert-OH is 3. The average molecular weight is 933 g/mol. The molecular weight excluding hydrogens is 849 g/mol. The lowest BCUT2D eigenvalue weighted by molar-refractivity contribution is -0.301. The van der Waals surface area contributed by atoms with Crippen LogP contribution in [-0.4, -0.2) is 97.5 Å². The van der Waals surface area contributed by atoms with Crippen LogP contribution in [0.15, 0.2) is 109 Å². The fourth-order valence-corrected chi connectivity index (χ4v) is 7.01. The molecule has 0 bridgehead atoms. The van der Waals surface area contributed by atoms with E-state index in [-0.39, 0.29) is 19.6 Å². The van der Waals surface area contributed by atoms with Crippen LogP contribution in [0.2, 0.25) is 0 Å². The Kier molecular flexibility index (Phi) is 38.8. The number of allylic oxidation sites excluding steroid dienone is 18. The van der Waals surface area contributed by atoms with E-state index in [0.29, 0.717) is 19.4 Å². The van der Waals surface area contributed by atoms with Crippen LogP contribution in [0.25, 0.3) is 0 Å². The molecule has 1 heterocycles. The molecule has 1 aliphatic rings. The number of unbranched alkanes of at least 4 members (excludes halogenated alkanes) is 9. The third kappa shape index (κ3) is 35.6. The summed E-state index contributed by atoms with van der Waals surface area (Å²) in [6, 6.07) is 0. The Morgan fingerprint density at radius 1 is 0.600 bits per heavy atom. The third-order valence-electron chi connectivity index (χ3n) is 10.1. The molecular formula is C52H84O12S. The Morgan fingerprint density at radius 3 is 1.55 bits per heavy atom. The number of hydrogen-bond acceptors (Lipinski definition) is 11. The summed E-state index contributed by atoms with van der Waals surface area (Å²) in [5.41, 5.74) is 0. The molecule has 13 heteroatoms. The minimum Gasteiger partial charge on any atom is -0.457 e. The first-order valence-corrected chi connectivity index (χ1v) is 25.5. The van der Waals surface area contributed by atoms with Gasteiger partial charge in [-0.15, -0.1) is 0 Å². The van der Waals surface area contributed by atoms with Crippen LogP contribution in [0.4, 0.5) is 0 Å². The van der Waals surface area contributed by atoms with Gasteiger partial charge in [-0.25, -0.2) is 4.18 Å². The molecule has 6 unspecified atom stereocenters. The van der Waals surface area contributed by atoms with Gasteiger partial charge in [0.1, 0.15) is 30.5 Å². The van der Waals surface area contributed by atoms with Crippen molar-refractivity contribution < 1.29 is 56.2 Å². The van der Waals surface area contributed by atoms with Crippen LogP contribution in [-0.2, 0) is 38.3 Å². The molecule has 370 valence electrons. The average Bonchev–Trinajstić information content (AvgIpc) is 3.28. The van der Waals surface area contributed by atoms with Crippen LogP contribution < -0.4 is 0 Å². The smallest absolute Gasteiger partial charge is 0.397 e. The van der Waals surface area contributed by atoms with Gasteiger partial charge in [0.15, 0.2) is 6.29 Å². The Hall–Kier alpha value is -3.24. The van der Waals surface area contributed by atoms with Gasteiger partial charge in [-0.1, -0.05) is 162 Å². The maximum Gasteiger partial charge on any atom is 0.397 e. The van der Waals surface area contributed by atoms with Crippen LogP contribution in [0.5, 0.6) is 0 Å². The molecule has 0 saturated carbocycles. The van der Waals surface area contributed by atoms with Gasteiger partial charge < -0.3 is 34.3 Å². The van der Waals surface area contributed by atoms with E-state index in [9.17, 15) is 33.1 Å². The zero-order chi connectivity index (χ0) is 47.5. The zero-order valence-electron chi connectivity index (χ0n) is 39.5. The van der Waals surface area contributed by atoms with E-state index >= 15 is 0 Å². The lowest BCUT2D eigenvalue weighted by Gasteiger charge is -2.41. The van der Waals surface area contributed by atoms with Crippen LogP contribution in [0, 0.1) is 0 Å². The Bertz CT molecular complexity index is 1540. The summed E-state index contributed by atoms with van der Waals surface area (Å²) in [5, 5.41) is 30.7. The molecule has 1 fully saturated rings. The second-order valence-electron chi connectivity index (χ2n) is 16.0. The first-order chi connectivity index (χ1) is 31.6. The molecule has 0 aromatic heterocycles. The summed E-state index contributed by atoms with van der Waals surface area (Å²) in [5.74, 6) is -0.466. The van der Waals surface area contributed by atoms with Gasteiger partial charge in [-0.3, -0.25) is 9.35 Å². The maximum absolute atomic E-state index is 12.9. The highest BCUT2D eigenvalue weighted by atomic mass is 32.3. The van der Waals surface area contributed by atoms with Crippen LogP contribution in [0.1, 0.15) is 149 Å². The Balaban J connectivity index is 2.46. The Morgan fingerprint density at radius 2 is 1.06 bits per heavy atom. The lowest BCUT2D eigenvalue weighted by atomic mass is 9.99. The normalized spacial score (nSPS) is 20.6. The van der Waals surface area contributed by atoms with E-state index < -0.39 is 59.8 Å². The highest BCUT2D eigenvalue weighted by Crippen LogP contribution is 2.26. The van der Waals surface area contributed by atoms with Crippen LogP contribution >= 0.6 is 0 Å². The molecule has 0 aromatic rings. The number of ether oxygens (including phenoxy) is 4. The first-order valence-electron chi connectivity index (χ1n) is 24.1. The molecule has 0 radical (unpaired) electrons. The highest BCUT2D eigenvalue weighted by Gasteiger charge is 2.48. The summed E-state index contributed by atoms with van der Waals surface area (Å²) in [4.78, 5) is 12.9. The second-order valence-corrected chi connectivity index (χ2v) is 17.0. The number of carbonyl (C=O) groups is 1. The highest BCUT2D eigenvalue weighted by molar-refractivity contribution is 7.80. The summed E-state index contributed by atoms with van der Waals surface area (Å²) in [6.45, 7) is 3.71. The Labute approximate surface area is 392 Å². The van der Waals surface area contributed by atoms with Crippen molar-refractivity contribution in [3.8, 4) is 0 Å². The molecule has 0 aromatic carbocycles. The van der Waals surface area contributed by atoms with Gasteiger partial charge >= 0.3 is 16.4 Å². The van der Waals surface area contributed by atoms with Gasteiger partial charge in [0.2, 0.25) is 0 Å². The molecule has 65 heavy (non-hydrogen) atoms. The van der Waals surface area contributed by atoms with Gasteiger partial charge in [0.25, 0.3) is 0 Å². The number of rotatable bonds is 40. The number of hydrogen-bond donors (Lipinski definition) is 4. The van der Waals surface area contributed by atoms with Crippen molar-refractivity contribution in [3.63, 3.8) is 0 Å². The van der Waals surface area contributed by atoms with E-state index in [4.69, 9.17) is 18.9 Å². The van der Waals surface area contributed by atoms with Gasteiger partial charge in [-0.2, -0.15) is 8.42 Å². The van der Waals surface area contributed by atoms with E-state index in [1.807, 2.05) is 6.08 Å². The SMILES string of the molecule is CC/C=C\C/C=C\C/C=C\C/C=C\C/C=C\C/C=C\C/C=C\CCCC(=O)OC(COCCCCCCCC/C=C\C/C=C\CCCC)COC1OC(CO)C(O)C(OS(=O)(=O)O)C1O. The summed E-state index contributed by atoms with van der Waals surface area (Å²) < 4.78 is 59.1. The quantitative estimate of drug-likeness (QED) is 0.0198. The topological polar surface area (TPSA) is 178 Å². The summed E-state index contributed by atoms with van der Waals surface area (Å²) in [6.07, 6.45) is 49.8. The standard InChI is InChI=1S/C52H84O12S/c1-3-5-7-9-11-13-15-17-19-20-21-22-23-24-25-26-27-29-31-33-35-37-39-41-48(54)62-46(45-61-52-50(56)51(64-65(57,58)59)49(55)47(43-53)63-52)44-60-42-40-38-36-34-32-30-28-18-16-14-12-10-8-6-4-2/h5,7,10-13,16-19,21-22,24-25,27,29,33,35,46-47,49-53,55-56H,3-4,6,8-9,14-15,20,23,26,28,30-32,34,36-45H2,1-2H3,(H,57,58,59)/b7-5-,12-10-,13-11-,18-16-,19-17-,22-21-,25-24-,29-27-,35-33-. The van der Waals surface area contributed by atoms with Crippen LogP contribution in [0.3, 0.4) is 0 Å². The van der Waals surface area contributed by atoms with Crippen molar-refractivity contribution in [1.82, 2.24) is 0 Å². The predicted octanol–water partition coefficient (Wildman–Crippen LogP) is 10.8. The molecule has 1 rings (SSSR count). The largest absolute Gasteiger partial charge is 0.457 e. The van der Waals surface area contributed by atoms with E-state index in [1.54, 1.807) is 0 Å². The number of carbonyl (C=O) groups excluding carboxylic acids is 1. The lowest BCUT2D eigenvalue weighted by Crippen LogP contribution is -2.60. The molecule has 0 spiro atoms. The van der Waals surface area contributed by atoms with Crippen molar-refractivity contribution >= 4 is 16.4 Å². The molecule has 1 aliphatic heterocycles. The third-order valence-corrected chi connectivity index (χ3v) is 10.6. The van der Waals surface area contributed by atoms with Crippen molar-refractivity contribution in [2.24, 2.45) is 0 Å². The predicted molar refractivity (Wildman–Crippen MR) is 261 cm³/mol. The monoisotopic (exact) mass is 933 g/mol. The zero-order valence-corrected chi connectivity index (χ0v) is 40.3. The second kappa shape index (κ2) is 42.1. The molecule has 6 atom stereocenters. The first kappa shape index (κ1) is 59.8. The molecule has 1 saturated heterocycles. The number of esters is 1. The van der Waals surface area contributed by atoms with E-state index in [0.717, 1.165) is 89.9 Å². The van der Waals surface area contributed by atoms with E-state index in [1.165, 1.54) is 25.7 Å². The summed E-state index contributed by atoms with van der Waals surface area (Å²) in [7, 11) is -5.08. The van der Waals surface area contributed by atoms with Gasteiger partial charge in [-0.05, 0) is 89.9 Å². The number of aliphatic hydroxyl groups is 3. The van der Waals surface area contributed by atoms with Gasteiger partial charge in [0, 0.05) is 13.0 Å². The molecule has 4 N–H and O–H groups in total. The summed E-state index contributed by atoms with van der Waals surface area (Å²) >= 11 is 0. The van der Waals surface area contributed by atoms with E-state index in [2.05, 4.69) is 121 Å². The van der Waals surface area contributed by atoms with Gasteiger partial charge in [0.05, 0.1) is 19.8 Å². The molecule has 0 amide bonds.